The summed E-state index contributed by atoms with van der Waals surface area (Å²) in [7, 11) is 0. The second-order valence-corrected chi connectivity index (χ2v) is 5.88. The highest BCUT2D eigenvalue weighted by atomic mass is 15.1. The lowest BCUT2D eigenvalue weighted by Gasteiger charge is -2.31. The number of hydrogen-bond donors (Lipinski definition) is 1. The molecule has 3 heteroatoms. The minimum absolute atomic E-state index is 0.438. The lowest BCUT2D eigenvalue weighted by Crippen LogP contribution is -2.21. The molecule has 0 spiro atoms. The zero-order valence-electron chi connectivity index (χ0n) is 11.8. The van der Waals surface area contributed by atoms with Gasteiger partial charge in [0.1, 0.15) is 5.82 Å². The van der Waals surface area contributed by atoms with Crippen molar-refractivity contribution in [3.05, 3.63) is 17.7 Å². The summed E-state index contributed by atoms with van der Waals surface area (Å²) in [5, 5.41) is 7.44. The van der Waals surface area contributed by atoms with Gasteiger partial charge in [0.2, 0.25) is 0 Å². The van der Waals surface area contributed by atoms with E-state index in [0.717, 1.165) is 18.2 Å². The number of nitrogens with one attached hydrogen (secondary N) is 1. The average Bonchev–Trinajstić information content (AvgIpc) is 2.64. The molecular formula is C15H25N3. The van der Waals surface area contributed by atoms with Gasteiger partial charge in [0.05, 0.1) is 0 Å². The summed E-state index contributed by atoms with van der Waals surface area (Å²) >= 11 is 0. The van der Waals surface area contributed by atoms with Gasteiger partial charge >= 0.3 is 0 Å². The Kier molecular flexibility index (Phi) is 4.20. The number of hydrogen-bond acceptors (Lipinski definition) is 2. The largest absolute Gasteiger partial charge is 0.329 e. The molecule has 1 unspecified atom stereocenters. The third kappa shape index (κ3) is 2.65. The van der Waals surface area contributed by atoms with Crippen molar-refractivity contribution < 1.29 is 0 Å². The predicted molar refractivity (Wildman–Crippen MR) is 75.4 cm³/mol. The lowest BCUT2D eigenvalue weighted by molar-refractivity contribution is 0.248. The van der Waals surface area contributed by atoms with Crippen LogP contribution in [-0.2, 0) is 0 Å². The van der Waals surface area contributed by atoms with Crippen LogP contribution in [-0.4, -0.2) is 15.8 Å². The van der Waals surface area contributed by atoms with Gasteiger partial charge in [0.15, 0.2) is 0 Å². The predicted octanol–water partition coefficient (Wildman–Crippen LogP) is 4.09. The van der Waals surface area contributed by atoms with Crippen LogP contribution in [0.4, 0.5) is 0 Å². The molecule has 1 aromatic heterocycles. The standard InChI is InChI=1S/C15H25N3/c1-11(2)15-10-17-12(3)18(15)14(7-8-16)9-13-5-4-6-13/h8,10-11,13-14,16H,4-7,9H2,1-3H3. The van der Waals surface area contributed by atoms with E-state index in [9.17, 15) is 0 Å². The first-order valence-corrected chi connectivity index (χ1v) is 7.16. The number of nitrogens with zero attached hydrogens (tertiary/aromatic N) is 2. The van der Waals surface area contributed by atoms with Crippen LogP contribution in [0.2, 0.25) is 0 Å². The third-order valence-corrected chi connectivity index (χ3v) is 4.19. The summed E-state index contributed by atoms with van der Waals surface area (Å²) < 4.78 is 2.38. The van der Waals surface area contributed by atoms with E-state index >= 15 is 0 Å². The van der Waals surface area contributed by atoms with Crippen LogP contribution < -0.4 is 0 Å². The molecule has 1 aromatic rings. The minimum Gasteiger partial charge on any atom is -0.329 e. The second kappa shape index (κ2) is 5.68. The first-order valence-electron chi connectivity index (χ1n) is 7.16. The third-order valence-electron chi connectivity index (χ3n) is 4.19. The highest BCUT2D eigenvalue weighted by molar-refractivity contribution is 5.53. The van der Waals surface area contributed by atoms with Crippen molar-refractivity contribution in [3.8, 4) is 0 Å². The van der Waals surface area contributed by atoms with Gasteiger partial charge in [-0.15, -0.1) is 0 Å². The van der Waals surface area contributed by atoms with Crippen LogP contribution in [0, 0.1) is 18.3 Å². The van der Waals surface area contributed by atoms with Gasteiger partial charge in [-0.25, -0.2) is 4.98 Å². The maximum Gasteiger partial charge on any atom is 0.105 e. The normalized spacial score (nSPS) is 17.8. The number of aromatic nitrogens is 2. The van der Waals surface area contributed by atoms with Crippen molar-refractivity contribution in [3.63, 3.8) is 0 Å². The molecule has 1 atom stereocenters. The van der Waals surface area contributed by atoms with Crippen molar-refractivity contribution in [2.24, 2.45) is 5.92 Å². The Morgan fingerprint density at radius 2 is 2.22 bits per heavy atom. The van der Waals surface area contributed by atoms with Crippen LogP contribution in [0.15, 0.2) is 6.20 Å². The minimum atomic E-state index is 0.438. The monoisotopic (exact) mass is 247 g/mol. The summed E-state index contributed by atoms with van der Waals surface area (Å²) in [5.74, 6) is 2.47. The zero-order chi connectivity index (χ0) is 13.1. The molecule has 0 bridgehead atoms. The Hall–Kier alpha value is -1.12. The first kappa shape index (κ1) is 13.3. The van der Waals surface area contributed by atoms with E-state index in [1.807, 2.05) is 6.20 Å². The van der Waals surface area contributed by atoms with Crippen LogP contribution in [0.1, 0.15) is 69.4 Å². The highest BCUT2D eigenvalue weighted by Crippen LogP contribution is 2.36. The van der Waals surface area contributed by atoms with Gasteiger partial charge in [0, 0.05) is 24.4 Å². The summed E-state index contributed by atoms with van der Waals surface area (Å²) in [6.07, 6.45) is 9.77. The van der Waals surface area contributed by atoms with Crippen molar-refractivity contribution >= 4 is 6.21 Å². The van der Waals surface area contributed by atoms with Gasteiger partial charge in [-0.05, 0) is 31.4 Å². The number of aryl methyl sites for hydroxylation is 1. The van der Waals surface area contributed by atoms with Crippen molar-refractivity contribution in [1.82, 2.24) is 9.55 Å². The second-order valence-electron chi connectivity index (χ2n) is 5.88. The fourth-order valence-corrected chi connectivity index (χ4v) is 2.93. The first-order chi connectivity index (χ1) is 8.63. The molecule has 1 N–H and O–H groups in total. The summed E-state index contributed by atoms with van der Waals surface area (Å²) in [6, 6.07) is 0.438. The maximum atomic E-state index is 7.44. The highest BCUT2D eigenvalue weighted by Gasteiger charge is 2.25. The molecule has 1 aliphatic carbocycles. The van der Waals surface area contributed by atoms with Crippen LogP contribution in [0.5, 0.6) is 0 Å². The van der Waals surface area contributed by atoms with Crippen molar-refractivity contribution in [2.45, 2.75) is 64.8 Å². The van der Waals surface area contributed by atoms with Crippen LogP contribution in [0.25, 0.3) is 0 Å². The topological polar surface area (TPSA) is 41.7 Å². The van der Waals surface area contributed by atoms with E-state index in [1.165, 1.54) is 31.4 Å². The average molecular weight is 247 g/mol. The van der Waals surface area contributed by atoms with E-state index < -0.39 is 0 Å². The molecule has 1 saturated carbocycles. The Morgan fingerprint density at radius 3 is 2.72 bits per heavy atom. The Balaban J connectivity index is 2.22. The summed E-state index contributed by atoms with van der Waals surface area (Å²) in [5.41, 5.74) is 1.32. The van der Waals surface area contributed by atoms with Gasteiger partial charge in [0.25, 0.3) is 0 Å². The van der Waals surface area contributed by atoms with Crippen molar-refractivity contribution in [2.75, 3.05) is 0 Å². The Labute approximate surface area is 110 Å². The maximum absolute atomic E-state index is 7.44. The van der Waals surface area contributed by atoms with Crippen LogP contribution >= 0.6 is 0 Å². The lowest BCUT2D eigenvalue weighted by atomic mass is 9.80. The molecule has 100 valence electrons. The Bertz CT molecular complexity index is 402. The smallest absolute Gasteiger partial charge is 0.105 e. The molecule has 1 fully saturated rings. The molecular weight excluding hydrogens is 222 g/mol. The molecule has 0 aliphatic heterocycles. The summed E-state index contributed by atoms with van der Waals surface area (Å²) in [4.78, 5) is 4.48. The number of rotatable bonds is 6. The van der Waals surface area contributed by atoms with Gasteiger partial charge in [-0.2, -0.15) is 0 Å². The fraction of sp³-hybridized carbons (Fsp3) is 0.733. The van der Waals surface area contributed by atoms with Crippen LogP contribution in [0.3, 0.4) is 0 Å². The van der Waals surface area contributed by atoms with Gasteiger partial charge in [-0.3, -0.25) is 0 Å². The molecule has 1 aliphatic rings. The van der Waals surface area contributed by atoms with Gasteiger partial charge < -0.3 is 9.98 Å². The molecule has 0 amide bonds. The molecule has 2 rings (SSSR count). The van der Waals surface area contributed by atoms with Crippen molar-refractivity contribution in [1.29, 1.82) is 5.41 Å². The van der Waals surface area contributed by atoms with Gasteiger partial charge in [-0.1, -0.05) is 33.1 Å². The Morgan fingerprint density at radius 1 is 1.50 bits per heavy atom. The van der Waals surface area contributed by atoms with E-state index in [4.69, 9.17) is 5.41 Å². The van der Waals surface area contributed by atoms with E-state index in [0.29, 0.717) is 12.0 Å². The number of imidazole rings is 1. The molecule has 0 radical (unpaired) electrons. The SMILES string of the molecule is Cc1ncc(C(C)C)n1C(CC=N)CC1CCC1. The fourth-order valence-electron chi connectivity index (χ4n) is 2.93. The quantitative estimate of drug-likeness (QED) is 0.756. The summed E-state index contributed by atoms with van der Waals surface area (Å²) in [6.45, 7) is 6.53. The molecule has 0 saturated heterocycles. The molecule has 1 heterocycles. The molecule has 3 nitrogen and oxygen atoms in total. The van der Waals surface area contributed by atoms with E-state index in [1.54, 1.807) is 6.21 Å². The zero-order valence-corrected chi connectivity index (χ0v) is 11.8. The van der Waals surface area contributed by atoms with E-state index in [-0.39, 0.29) is 0 Å². The molecule has 18 heavy (non-hydrogen) atoms. The molecule has 0 aromatic carbocycles. The van der Waals surface area contributed by atoms with E-state index in [2.05, 4.69) is 30.3 Å².